The standard InChI is InChI=1S/C13H14N4O3/c1-3-10-12(14)15-7-16-13(10)20-11-5-4-9(17(18)19)6-8(11)2/h4-7H,3H2,1-2H3,(H2,14,15,16). The normalized spacial score (nSPS) is 10.3. The van der Waals surface area contributed by atoms with Crippen LogP contribution in [0.15, 0.2) is 24.5 Å². The van der Waals surface area contributed by atoms with Crippen LogP contribution in [0.4, 0.5) is 11.5 Å². The lowest BCUT2D eigenvalue weighted by Crippen LogP contribution is -2.02. The number of nitrogens with zero attached hydrogens (tertiary/aromatic N) is 3. The number of hydrogen-bond donors (Lipinski definition) is 1. The van der Waals surface area contributed by atoms with Crippen LogP contribution in [0.1, 0.15) is 18.1 Å². The second-order valence-electron chi connectivity index (χ2n) is 4.21. The van der Waals surface area contributed by atoms with Crippen molar-refractivity contribution in [2.75, 3.05) is 5.73 Å². The zero-order chi connectivity index (χ0) is 14.7. The van der Waals surface area contributed by atoms with Gasteiger partial charge in [-0.3, -0.25) is 10.1 Å². The first-order chi connectivity index (χ1) is 9.52. The van der Waals surface area contributed by atoms with E-state index >= 15 is 0 Å². The highest BCUT2D eigenvalue weighted by Gasteiger charge is 2.13. The first-order valence-corrected chi connectivity index (χ1v) is 6.05. The molecular weight excluding hydrogens is 260 g/mol. The summed E-state index contributed by atoms with van der Waals surface area (Å²) in [5.74, 6) is 1.25. The van der Waals surface area contributed by atoms with E-state index < -0.39 is 4.92 Å². The summed E-state index contributed by atoms with van der Waals surface area (Å²) >= 11 is 0. The summed E-state index contributed by atoms with van der Waals surface area (Å²) in [4.78, 5) is 18.2. The second-order valence-corrected chi connectivity index (χ2v) is 4.21. The molecule has 2 N–H and O–H groups in total. The molecule has 7 heteroatoms. The SMILES string of the molecule is CCc1c(N)ncnc1Oc1ccc([N+](=O)[O-])cc1C. The van der Waals surface area contributed by atoms with E-state index in [-0.39, 0.29) is 5.69 Å². The summed E-state index contributed by atoms with van der Waals surface area (Å²) < 4.78 is 5.69. The molecule has 7 nitrogen and oxygen atoms in total. The number of aromatic nitrogens is 2. The molecule has 20 heavy (non-hydrogen) atoms. The first-order valence-electron chi connectivity index (χ1n) is 6.05. The van der Waals surface area contributed by atoms with Gasteiger partial charge in [0.2, 0.25) is 5.88 Å². The molecule has 0 aliphatic carbocycles. The Morgan fingerprint density at radius 1 is 1.40 bits per heavy atom. The van der Waals surface area contributed by atoms with Crippen molar-refractivity contribution in [1.82, 2.24) is 9.97 Å². The monoisotopic (exact) mass is 274 g/mol. The number of anilines is 1. The fraction of sp³-hybridized carbons (Fsp3) is 0.231. The molecule has 2 rings (SSSR count). The lowest BCUT2D eigenvalue weighted by Gasteiger charge is -2.11. The van der Waals surface area contributed by atoms with Crippen LogP contribution in [-0.4, -0.2) is 14.9 Å². The van der Waals surface area contributed by atoms with Gasteiger partial charge >= 0.3 is 0 Å². The van der Waals surface area contributed by atoms with Crippen LogP contribution >= 0.6 is 0 Å². The molecule has 0 radical (unpaired) electrons. The lowest BCUT2D eigenvalue weighted by molar-refractivity contribution is -0.384. The topological polar surface area (TPSA) is 104 Å². The summed E-state index contributed by atoms with van der Waals surface area (Å²) in [6, 6.07) is 4.38. The molecule has 2 aromatic rings. The Labute approximate surface area is 115 Å². The van der Waals surface area contributed by atoms with E-state index in [2.05, 4.69) is 9.97 Å². The molecule has 104 valence electrons. The van der Waals surface area contributed by atoms with Gasteiger partial charge in [-0.25, -0.2) is 9.97 Å². The minimum absolute atomic E-state index is 0.0211. The fourth-order valence-electron chi connectivity index (χ4n) is 1.80. The first kappa shape index (κ1) is 13.7. The zero-order valence-electron chi connectivity index (χ0n) is 11.2. The third kappa shape index (κ3) is 2.66. The van der Waals surface area contributed by atoms with Gasteiger partial charge < -0.3 is 10.5 Å². The fourth-order valence-corrected chi connectivity index (χ4v) is 1.80. The Balaban J connectivity index is 2.36. The minimum Gasteiger partial charge on any atom is -0.438 e. The highest BCUT2D eigenvalue weighted by atomic mass is 16.6. The summed E-state index contributed by atoms with van der Waals surface area (Å²) in [5.41, 5.74) is 7.15. The third-order valence-electron chi connectivity index (χ3n) is 2.87. The van der Waals surface area contributed by atoms with E-state index in [1.807, 2.05) is 6.92 Å². The smallest absolute Gasteiger partial charge is 0.269 e. The van der Waals surface area contributed by atoms with E-state index in [9.17, 15) is 10.1 Å². The molecule has 0 aliphatic rings. The predicted molar refractivity (Wildman–Crippen MR) is 73.7 cm³/mol. The highest BCUT2D eigenvalue weighted by molar-refractivity contribution is 5.48. The van der Waals surface area contributed by atoms with Crippen molar-refractivity contribution in [3.8, 4) is 11.6 Å². The number of non-ortho nitro benzene ring substituents is 1. The van der Waals surface area contributed by atoms with E-state index in [1.54, 1.807) is 13.0 Å². The molecule has 0 atom stereocenters. The van der Waals surface area contributed by atoms with Crippen LogP contribution in [0.25, 0.3) is 0 Å². The van der Waals surface area contributed by atoms with E-state index in [4.69, 9.17) is 10.5 Å². The van der Waals surface area contributed by atoms with E-state index in [0.29, 0.717) is 35.0 Å². The van der Waals surface area contributed by atoms with Gasteiger partial charge in [0.05, 0.1) is 10.5 Å². The number of aryl methyl sites for hydroxylation is 1. The van der Waals surface area contributed by atoms with Crippen molar-refractivity contribution in [3.63, 3.8) is 0 Å². The molecule has 1 heterocycles. The number of rotatable bonds is 4. The molecule has 0 spiro atoms. The number of nitro groups is 1. The molecule has 0 saturated carbocycles. The van der Waals surface area contributed by atoms with Crippen molar-refractivity contribution in [2.45, 2.75) is 20.3 Å². The van der Waals surface area contributed by atoms with Gasteiger partial charge in [-0.05, 0) is 25.0 Å². The van der Waals surface area contributed by atoms with Crippen molar-refractivity contribution in [2.24, 2.45) is 0 Å². The molecule has 0 aliphatic heterocycles. The van der Waals surface area contributed by atoms with Gasteiger partial charge in [-0.1, -0.05) is 6.92 Å². The number of nitro benzene ring substituents is 1. The van der Waals surface area contributed by atoms with Gasteiger partial charge in [-0.2, -0.15) is 0 Å². The molecule has 1 aromatic carbocycles. The third-order valence-corrected chi connectivity index (χ3v) is 2.87. The van der Waals surface area contributed by atoms with Crippen LogP contribution in [0, 0.1) is 17.0 Å². The van der Waals surface area contributed by atoms with Gasteiger partial charge in [0.25, 0.3) is 5.69 Å². The molecule has 0 amide bonds. The number of benzene rings is 1. The number of ether oxygens (including phenoxy) is 1. The quantitative estimate of drug-likeness (QED) is 0.678. The van der Waals surface area contributed by atoms with Gasteiger partial charge in [0, 0.05) is 12.1 Å². The van der Waals surface area contributed by atoms with Crippen molar-refractivity contribution in [3.05, 3.63) is 45.8 Å². The molecule has 0 saturated heterocycles. The van der Waals surface area contributed by atoms with Crippen molar-refractivity contribution >= 4 is 11.5 Å². The Kier molecular flexibility index (Phi) is 3.79. The van der Waals surface area contributed by atoms with Crippen LogP contribution in [0.5, 0.6) is 11.6 Å². The predicted octanol–water partition coefficient (Wildman–Crippen LogP) is 2.63. The van der Waals surface area contributed by atoms with Crippen LogP contribution in [0.2, 0.25) is 0 Å². The number of nitrogen functional groups attached to an aromatic ring is 1. The molecule has 1 aromatic heterocycles. The van der Waals surface area contributed by atoms with Crippen LogP contribution < -0.4 is 10.5 Å². The maximum absolute atomic E-state index is 10.7. The van der Waals surface area contributed by atoms with E-state index in [0.717, 1.165) is 0 Å². The average Bonchev–Trinajstić information content (AvgIpc) is 2.41. The molecule has 0 fully saturated rings. The lowest BCUT2D eigenvalue weighted by atomic mass is 10.2. The number of nitrogens with two attached hydrogens (primary N) is 1. The Hall–Kier alpha value is -2.70. The minimum atomic E-state index is -0.447. The molecule has 0 unspecified atom stereocenters. The number of hydrogen-bond acceptors (Lipinski definition) is 6. The summed E-state index contributed by atoms with van der Waals surface area (Å²) in [6.45, 7) is 3.66. The van der Waals surface area contributed by atoms with Gasteiger partial charge in [0.15, 0.2) is 0 Å². The summed E-state index contributed by atoms with van der Waals surface area (Å²) in [6.07, 6.45) is 1.96. The van der Waals surface area contributed by atoms with E-state index in [1.165, 1.54) is 18.5 Å². The Morgan fingerprint density at radius 2 is 2.15 bits per heavy atom. The largest absolute Gasteiger partial charge is 0.438 e. The Bertz CT molecular complexity index is 658. The summed E-state index contributed by atoms with van der Waals surface area (Å²) in [7, 11) is 0. The highest BCUT2D eigenvalue weighted by Crippen LogP contribution is 2.30. The maximum atomic E-state index is 10.7. The van der Waals surface area contributed by atoms with Crippen molar-refractivity contribution < 1.29 is 9.66 Å². The Morgan fingerprint density at radius 3 is 2.75 bits per heavy atom. The van der Waals surface area contributed by atoms with Crippen molar-refractivity contribution in [1.29, 1.82) is 0 Å². The average molecular weight is 274 g/mol. The maximum Gasteiger partial charge on any atom is 0.269 e. The molecule has 0 bridgehead atoms. The van der Waals surface area contributed by atoms with Gasteiger partial charge in [-0.15, -0.1) is 0 Å². The summed E-state index contributed by atoms with van der Waals surface area (Å²) in [5, 5.41) is 10.7. The van der Waals surface area contributed by atoms with Gasteiger partial charge in [0.1, 0.15) is 17.9 Å². The second kappa shape index (κ2) is 5.52. The molecular formula is C13H14N4O3. The van der Waals surface area contributed by atoms with Crippen LogP contribution in [0.3, 0.4) is 0 Å². The zero-order valence-corrected chi connectivity index (χ0v) is 11.2. The van der Waals surface area contributed by atoms with Crippen LogP contribution in [-0.2, 0) is 6.42 Å².